The first-order valence-corrected chi connectivity index (χ1v) is 14.8. The summed E-state index contributed by atoms with van der Waals surface area (Å²) in [7, 11) is 0. The summed E-state index contributed by atoms with van der Waals surface area (Å²) in [4.78, 5) is 0. The van der Waals surface area contributed by atoms with E-state index in [1.165, 1.54) is 33.4 Å². The molecule has 0 fully saturated rings. The molecular weight excluding hydrogens is 508 g/mol. The topological polar surface area (TPSA) is 58.9 Å². The van der Waals surface area contributed by atoms with Crippen LogP contribution in [0.1, 0.15) is 61.1 Å². The fourth-order valence-electron chi connectivity index (χ4n) is 6.44. The van der Waals surface area contributed by atoms with Crippen LogP contribution in [0.3, 0.4) is 0 Å². The number of hydrogen-bond acceptors (Lipinski definition) is 4. The Morgan fingerprint density at radius 2 is 1.00 bits per heavy atom. The second-order valence-electron chi connectivity index (χ2n) is 11.8. The Morgan fingerprint density at radius 1 is 0.585 bits per heavy atom. The maximum Gasteiger partial charge on any atom is 0.122 e. The summed E-state index contributed by atoms with van der Waals surface area (Å²) >= 11 is 0. The van der Waals surface area contributed by atoms with Crippen molar-refractivity contribution in [2.24, 2.45) is 11.8 Å². The number of ether oxygens (including phenoxy) is 2. The van der Waals surface area contributed by atoms with Crippen LogP contribution in [-0.4, -0.2) is 36.6 Å². The van der Waals surface area contributed by atoms with Gasteiger partial charge in [0, 0.05) is 0 Å². The molecule has 41 heavy (non-hydrogen) atoms. The molecule has 1 aliphatic carbocycles. The monoisotopic (exact) mass is 550 g/mol. The van der Waals surface area contributed by atoms with Crippen LogP contribution in [0.4, 0.5) is 0 Å². The zero-order valence-electron chi connectivity index (χ0n) is 24.7. The molecule has 1 aliphatic rings. The first-order valence-electron chi connectivity index (χ1n) is 14.8. The van der Waals surface area contributed by atoms with Crippen LogP contribution >= 0.6 is 0 Å². The first-order chi connectivity index (χ1) is 19.9. The molecule has 4 nitrogen and oxygen atoms in total. The third kappa shape index (κ3) is 5.51. The zero-order chi connectivity index (χ0) is 29.0. The molecule has 0 bridgehead atoms. The van der Waals surface area contributed by atoms with Gasteiger partial charge in [0.15, 0.2) is 0 Å². The molecule has 5 rings (SSSR count). The summed E-state index contributed by atoms with van der Waals surface area (Å²) in [6, 6.07) is 30.8. The number of aliphatic hydroxyl groups is 2. The molecule has 0 atom stereocenters. The normalized spacial score (nSPS) is 13.4. The molecule has 0 unspecified atom stereocenters. The minimum Gasteiger partial charge on any atom is -0.491 e. The van der Waals surface area contributed by atoms with E-state index in [0.29, 0.717) is 11.8 Å². The molecule has 4 aromatic rings. The van der Waals surface area contributed by atoms with Gasteiger partial charge in [-0.15, -0.1) is 0 Å². The van der Waals surface area contributed by atoms with E-state index in [-0.39, 0.29) is 26.4 Å². The number of fused-ring (bicyclic) bond motifs is 3. The maximum absolute atomic E-state index is 9.45. The summed E-state index contributed by atoms with van der Waals surface area (Å²) in [5, 5.41) is 18.9. The third-order valence-corrected chi connectivity index (χ3v) is 7.89. The Labute approximate surface area is 244 Å². The summed E-state index contributed by atoms with van der Waals surface area (Å²) in [6.07, 6.45) is 1.75. The Morgan fingerprint density at radius 3 is 1.39 bits per heavy atom. The van der Waals surface area contributed by atoms with E-state index in [0.717, 1.165) is 35.5 Å². The van der Waals surface area contributed by atoms with Crippen molar-refractivity contribution in [3.05, 3.63) is 118 Å². The number of rotatable bonds is 12. The average Bonchev–Trinajstić information content (AvgIpc) is 3.26. The molecule has 0 saturated carbocycles. The van der Waals surface area contributed by atoms with Gasteiger partial charge in [0.2, 0.25) is 0 Å². The van der Waals surface area contributed by atoms with Gasteiger partial charge in [0.05, 0.1) is 18.6 Å². The standard InChI is InChI=1S/C37H42O4/c1-25(2)21-27-23-29(13-15-35(27)40-19-17-38)37(30-14-16-36(41-20-18-39)28(24-30)22-26(3)4)33-11-7-5-9-31(33)32-10-6-8-12-34(32)37/h5-16,23-26,38-39H,17-22H2,1-4H3. The molecule has 4 heteroatoms. The van der Waals surface area contributed by atoms with Crippen LogP contribution in [0.15, 0.2) is 84.9 Å². The minimum atomic E-state index is -0.532. The lowest BCUT2D eigenvalue weighted by Gasteiger charge is -2.35. The van der Waals surface area contributed by atoms with Gasteiger partial charge in [0.1, 0.15) is 24.7 Å². The number of hydrogen-bond donors (Lipinski definition) is 2. The summed E-state index contributed by atoms with van der Waals surface area (Å²) in [6.45, 7) is 9.41. The van der Waals surface area contributed by atoms with Gasteiger partial charge < -0.3 is 19.7 Å². The molecule has 0 heterocycles. The van der Waals surface area contributed by atoms with Crippen LogP contribution in [0.5, 0.6) is 11.5 Å². The highest BCUT2D eigenvalue weighted by molar-refractivity contribution is 5.86. The third-order valence-electron chi connectivity index (χ3n) is 7.89. The van der Waals surface area contributed by atoms with Crippen LogP contribution < -0.4 is 9.47 Å². The van der Waals surface area contributed by atoms with Crippen molar-refractivity contribution in [3.8, 4) is 22.6 Å². The van der Waals surface area contributed by atoms with Crippen molar-refractivity contribution < 1.29 is 19.7 Å². The summed E-state index contributed by atoms with van der Waals surface area (Å²) in [5.74, 6) is 2.56. The number of benzene rings is 4. The van der Waals surface area contributed by atoms with E-state index < -0.39 is 5.41 Å². The molecular formula is C37H42O4. The van der Waals surface area contributed by atoms with Gasteiger partial charge in [-0.2, -0.15) is 0 Å². The van der Waals surface area contributed by atoms with E-state index in [1.807, 2.05) is 0 Å². The second kappa shape index (κ2) is 12.5. The number of aliphatic hydroxyl groups excluding tert-OH is 2. The van der Waals surface area contributed by atoms with E-state index in [1.54, 1.807) is 0 Å². The van der Waals surface area contributed by atoms with Gasteiger partial charge in [-0.3, -0.25) is 0 Å². The Hall–Kier alpha value is -3.60. The molecule has 4 aromatic carbocycles. The van der Waals surface area contributed by atoms with Gasteiger partial charge in [-0.25, -0.2) is 0 Å². The predicted octanol–water partition coefficient (Wildman–Crippen LogP) is 7.19. The zero-order valence-corrected chi connectivity index (χ0v) is 24.7. The predicted molar refractivity (Wildman–Crippen MR) is 166 cm³/mol. The van der Waals surface area contributed by atoms with E-state index in [2.05, 4.69) is 113 Å². The molecule has 214 valence electrons. The van der Waals surface area contributed by atoms with Crippen molar-refractivity contribution >= 4 is 0 Å². The highest BCUT2D eigenvalue weighted by Crippen LogP contribution is 2.56. The summed E-state index contributed by atoms with van der Waals surface area (Å²) in [5.41, 5.74) is 9.19. The second-order valence-corrected chi connectivity index (χ2v) is 11.8. The fraction of sp³-hybridized carbons (Fsp3) is 0.351. The fourth-order valence-corrected chi connectivity index (χ4v) is 6.44. The quantitative estimate of drug-likeness (QED) is 0.173. The van der Waals surface area contributed by atoms with Crippen molar-refractivity contribution in [2.45, 2.75) is 46.0 Å². The highest BCUT2D eigenvalue weighted by atomic mass is 16.5. The van der Waals surface area contributed by atoms with Gasteiger partial charge in [-0.1, -0.05) is 100 Å². The minimum absolute atomic E-state index is 0.0170. The lowest BCUT2D eigenvalue weighted by atomic mass is 9.67. The van der Waals surface area contributed by atoms with E-state index >= 15 is 0 Å². The van der Waals surface area contributed by atoms with Crippen molar-refractivity contribution in [2.75, 3.05) is 26.4 Å². The summed E-state index contributed by atoms with van der Waals surface area (Å²) < 4.78 is 12.0. The van der Waals surface area contributed by atoms with Gasteiger partial charge in [-0.05, 0) is 81.3 Å². The van der Waals surface area contributed by atoms with Gasteiger partial charge >= 0.3 is 0 Å². The van der Waals surface area contributed by atoms with Crippen LogP contribution in [0.25, 0.3) is 11.1 Å². The van der Waals surface area contributed by atoms with Gasteiger partial charge in [0.25, 0.3) is 0 Å². The van der Waals surface area contributed by atoms with Crippen molar-refractivity contribution in [3.63, 3.8) is 0 Å². The molecule has 0 radical (unpaired) electrons. The Bertz CT molecular complexity index is 1370. The smallest absolute Gasteiger partial charge is 0.122 e. The average molecular weight is 551 g/mol. The van der Waals surface area contributed by atoms with Crippen LogP contribution in [-0.2, 0) is 18.3 Å². The van der Waals surface area contributed by atoms with E-state index in [4.69, 9.17) is 9.47 Å². The highest BCUT2D eigenvalue weighted by Gasteiger charge is 2.46. The Balaban J connectivity index is 1.82. The lowest BCUT2D eigenvalue weighted by molar-refractivity contribution is 0.200. The molecule has 0 spiro atoms. The lowest BCUT2D eigenvalue weighted by Crippen LogP contribution is -2.29. The van der Waals surface area contributed by atoms with Crippen LogP contribution in [0, 0.1) is 11.8 Å². The molecule has 0 amide bonds. The first kappa shape index (κ1) is 28.9. The molecule has 0 aromatic heterocycles. The maximum atomic E-state index is 9.45. The van der Waals surface area contributed by atoms with E-state index in [9.17, 15) is 10.2 Å². The molecule has 2 N–H and O–H groups in total. The van der Waals surface area contributed by atoms with Crippen molar-refractivity contribution in [1.29, 1.82) is 0 Å². The Kier molecular flexibility index (Phi) is 8.82. The molecule has 0 saturated heterocycles. The van der Waals surface area contributed by atoms with Crippen LogP contribution in [0.2, 0.25) is 0 Å². The largest absolute Gasteiger partial charge is 0.491 e. The molecule has 0 aliphatic heterocycles. The van der Waals surface area contributed by atoms with Crippen molar-refractivity contribution in [1.82, 2.24) is 0 Å². The SMILES string of the molecule is CC(C)Cc1cc(C2(c3ccc(OCCO)c(CC(C)C)c3)c3ccccc3-c3ccccc32)ccc1OCCO.